The summed E-state index contributed by atoms with van der Waals surface area (Å²) in [7, 11) is 0. The molecule has 0 saturated heterocycles. The van der Waals surface area contributed by atoms with Gasteiger partial charge in [-0.15, -0.1) is 11.3 Å². The third-order valence-corrected chi connectivity index (χ3v) is 30.2. The van der Waals surface area contributed by atoms with Gasteiger partial charge >= 0.3 is 0 Å². The predicted molar refractivity (Wildman–Crippen MR) is 588 cm³/mol. The summed E-state index contributed by atoms with van der Waals surface area (Å²) < 4.78 is 31.2. The number of nitrogens with zero attached hydrogens (tertiary/aromatic N) is 10. The number of aromatic nitrogens is 10. The van der Waals surface area contributed by atoms with Crippen molar-refractivity contribution in [3.05, 3.63) is 460 Å². The van der Waals surface area contributed by atoms with E-state index < -0.39 is 0 Å². The molecule has 1 aliphatic carbocycles. The fourth-order valence-corrected chi connectivity index (χ4v) is 24.0. The molecule has 0 saturated carbocycles. The summed E-state index contributed by atoms with van der Waals surface area (Å²) >= 11 is 1.87. The van der Waals surface area contributed by atoms with Gasteiger partial charge in [0.25, 0.3) is 0 Å². The Labute approximate surface area is 821 Å². The van der Waals surface area contributed by atoms with Crippen molar-refractivity contribution in [2.45, 2.75) is 19.3 Å². The van der Waals surface area contributed by atoms with E-state index in [1.165, 1.54) is 119 Å². The van der Waals surface area contributed by atoms with E-state index in [-0.39, 0.29) is 5.41 Å². The van der Waals surface area contributed by atoms with Gasteiger partial charge in [0, 0.05) is 141 Å². The Bertz CT molecular complexity index is 10500. The van der Waals surface area contributed by atoms with Crippen molar-refractivity contribution in [2.75, 3.05) is 0 Å². The third-order valence-electron chi connectivity index (χ3n) is 29.0. The summed E-state index contributed by atoms with van der Waals surface area (Å²) in [5, 5.41) is 18.5. The van der Waals surface area contributed by atoms with Crippen molar-refractivity contribution >= 4 is 185 Å². The number of hydrogen-bond donors (Lipinski definition) is 0. The van der Waals surface area contributed by atoms with Gasteiger partial charge in [-0.3, -0.25) is 0 Å². The largest absolute Gasteiger partial charge is 0.438 e. The molecule has 670 valence electrons. The average molecular weight is 1850 g/mol. The Morgan fingerprint density at radius 3 is 1.04 bits per heavy atom. The fourth-order valence-electron chi connectivity index (χ4n) is 22.8. The zero-order valence-electron chi connectivity index (χ0n) is 77.3. The first-order valence-corrected chi connectivity index (χ1v) is 49.1. The van der Waals surface area contributed by atoms with Crippen molar-refractivity contribution in [1.82, 2.24) is 48.2 Å². The molecule has 1 aliphatic rings. The van der Waals surface area contributed by atoms with Crippen LogP contribution in [0.5, 0.6) is 0 Å². The van der Waals surface area contributed by atoms with Crippen LogP contribution in [0.25, 0.3) is 275 Å². The second-order valence-corrected chi connectivity index (χ2v) is 38.4. The highest BCUT2D eigenvalue weighted by Gasteiger charge is 2.39. The Balaban J connectivity index is 0.000000102. The van der Waals surface area contributed by atoms with E-state index in [1.807, 2.05) is 121 Å². The standard InChI is InChI=1S/C46H28N4O.C43H29N3O.C40H23N3OS/c1-3-14-29(15-4-1)43-42-36-22-9-12-25-40(36)51-46(42)48-45(47-43)30-16-13-19-32(28-30)49-38-24-11-8-21-35(38)41-39(49)27-26-34-33-20-7-10-23-37(33)50(44(34)41)31-17-5-2-6-18-31;1-43(2)33-20-9-6-17-29(33)30-23-24-35-37(39(30)43)31-18-7-10-21-34(31)46(35)28-16-12-15-27(25-28)41-44-40(26-13-4-3-5-14-26)38-32-19-8-11-22-36(32)47-42(38)45-41;1-2-11-24(12-3-1)37-36-30-17-5-8-19-33(30)44-40(36)42-39(41-37)25-13-10-14-26(23-25)43-31-18-7-4-16-29(31)35-32(43)22-21-28-27-15-6-9-20-34(27)45-38(28)35/h1-28H;3-25H,1-2H3;1-23H. The van der Waals surface area contributed by atoms with Gasteiger partial charge < -0.3 is 31.5 Å². The van der Waals surface area contributed by atoms with Gasteiger partial charge in [0.2, 0.25) is 17.1 Å². The maximum absolute atomic E-state index is 6.35. The second kappa shape index (κ2) is 32.2. The molecule has 14 heteroatoms. The number of para-hydroxylation sites is 8. The molecule has 0 spiro atoms. The molecule has 0 atom stereocenters. The minimum absolute atomic E-state index is 0.119. The molecule has 0 bridgehead atoms. The molecule has 11 heterocycles. The van der Waals surface area contributed by atoms with Crippen molar-refractivity contribution in [1.29, 1.82) is 0 Å². The number of furan rings is 3. The third kappa shape index (κ3) is 12.7. The highest BCUT2D eigenvalue weighted by Crippen LogP contribution is 2.55. The summed E-state index contributed by atoms with van der Waals surface area (Å²) in [5.41, 5.74) is 31.7. The SMILES string of the molecule is CC1(C)c2ccccc2-c2ccc3c(c21)c1ccccc1n3-c1cccc(-c2nc(-c3ccccc3)c3c(n2)oc2ccccc23)c1.c1ccc(-c2nc(-c3cccc(-n4c5ccccc5c5c4ccc4c6ccccc6n(-c6ccccc6)c45)c3)nc3oc4ccccc4c23)cc1.c1ccc(-c2nc(-c3cccc(-n4c5ccccc5c5c6sc7ccccc7c6ccc54)c3)nc3oc4ccccc4c23)cc1. The van der Waals surface area contributed by atoms with E-state index in [4.69, 9.17) is 43.2 Å². The van der Waals surface area contributed by atoms with E-state index in [1.54, 1.807) is 0 Å². The number of rotatable bonds is 10. The number of hydrogen-bond acceptors (Lipinski definition) is 10. The monoisotopic (exact) mass is 1850 g/mol. The Morgan fingerprint density at radius 2 is 0.566 bits per heavy atom. The summed E-state index contributed by atoms with van der Waals surface area (Å²) in [6.07, 6.45) is 0. The lowest BCUT2D eigenvalue weighted by Crippen LogP contribution is -2.15. The van der Waals surface area contributed by atoms with Crippen LogP contribution in [0, 0.1) is 0 Å². The van der Waals surface area contributed by atoms with Crippen molar-refractivity contribution in [3.63, 3.8) is 0 Å². The average Bonchev–Trinajstić information content (AvgIpc) is 1.54. The van der Waals surface area contributed by atoms with Crippen molar-refractivity contribution in [3.8, 4) is 102 Å². The van der Waals surface area contributed by atoms with Crippen LogP contribution in [0.15, 0.2) is 462 Å². The van der Waals surface area contributed by atoms with Gasteiger partial charge in [-0.1, -0.05) is 347 Å². The quantitative estimate of drug-likeness (QED) is 0.131. The van der Waals surface area contributed by atoms with Crippen LogP contribution < -0.4 is 0 Å². The second-order valence-electron chi connectivity index (χ2n) is 37.4. The highest BCUT2D eigenvalue weighted by molar-refractivity contribution is 7.26. The van der Waals surface area contributed by atoms with E-state index in [2.05, 4.69) is 372 Å². The van der Waals surface area contributed by atoms with Crippen LogP contribution in [0.3, 0.4) is 0 Å². The molecule has 11 aromatic heterocycles. The van der Waals surface area contributed by atoms with Crippen LogP contribution in [-0.2, 0) is 5.41 Å². The normalized spacial score (nSPS) is 12.5. The molecule has 19 aromatic carbocycles. The topological polar surface area (TPSA) is 136 Å². The first-order chi connectivity index (χ1) is 70.7. The molecule has 0 aliphatic heterocycles. The number of thiophene rings is 1. The smallest absolute Gasteiger partial charge is 0.231 e. The zero-order chi connectivity index (χ0) is 94.2. The zero-order valence-corrected chi connectivity index (χ0v) is 78.1. The maximum Gasteiger partial charge on any atom is 0.231 e. The highest BCUT2D eigenvalue weighted by atomic mass is 32.1. The summed E-state index contributed by atoms with van der Waals surface area (Å²) in [6.45, 7) is 4.72. The first kappa shape index (κ1) is 81.4. The molecule has 30 aromatic rings. The summed E-state index contributed by atoms with van der Waals surface area (Å²) in [5.74, 6) is 1.89. The lowest BCUT2D eigenvalue weighted by molar-refractivity contribution is 0.653. The Kier molecular flexibility index (Phi) is 18.3. The molecule has 0 N–H and O–H groups in total. The van der Waals surface area contributed by atoms with E-state index in [0.717, 1.165) is 133 Å². The molecular weight excluding hydrogens is 1770 g/mol. The van der Waals surface area contributed by atoms with Crippen LogP contribution >= 0.6 is 11.3 Å². The van der Waals surface area contributed by atoms with Gasteiger partial charge in [-0.2, -0.15) is 15.0 Å². The molecule has 31 rings (SSSR count). The Hall–Kier alpha value is -18.8. The number of benzene rings is 19. The van der Waals surface area contributed by atoms with Crippen LogP contribution in [-0.4, -0.2) is 48.2 Å². The van der Waals surface area contributed by atoms with Gasteiger partial charge in [-0.05, 0) is 138 Å². The van der Waals surface area contributed by atoms with Gasteiger partial charge in [0.05, 0.1) is 77.4 Å². The molecule has 0 unspecified atom stereocenters. The minimum Gasteiger partial charge on any atom is -0.438 e. The minimum atomic E-state index is -0.119. The Morgan fingerprint density at radius 1 is 0.224 bits per heavy atom. The first-order valence-electron chi connectivity index (χ1n) is 48.3. The van der Waals surface area contributed by atoms with Gasteiger partial charge in [-0.25, -0.2) is 15.0 Å². The lowest BCUT2D eigenvalue weighted by Gasteiger charge is -2.22. The van der Waals surface area contributed by atoms with E-state index >= 15 is 0 Å². The van der Waals surface area contributed by atoms with Gasteiger partial charge in [0.1, 0.15) is 16.7 Å². The van der Waals surface area contributed by atoms with Crippen LogP contribution in [0.2, 0.25) is 0 Å². The summed E-state index contributed by atoms with van der Waals surface area (Å²) in [6, 6.07) is 158. The summed E-state index contributed by atoms with van der Waals surface area (Å²) in [4.78, 5) is 30.7. The van der Waals surface area contributed by atoms with Gasteiger partial charge in [0.15, 0.2) is 17.5 Å². The van der Waals surface area contributed by atoms with Crippen LogP contribution in [0.1, 0.15) is 25.0 Å². The molecule has 0 radical (unpaired) electrons. The lowest BCUT2D eigenvalue weighted by atomic mass is 9.80. The van der Waals surface area contributed by atoms with Crippen molar-refractivity contribution < 1.29 is 13.3 Å². The predicted octanol–water partition coefficient (Wildman–Crippen LogP) is 34.2. The van der Waals surface area contributed by atoms with Crippen LogP contribution in [0.4, 0.5) is 0 Å². The van der Waals surface area contributed by atoms with Crippen molar-refractivity contribution in [2.24, 2.45) is 0 Å². The molecule has 0 fully saturated rings. The molecular formula is C129H80N10O3S. The number of fused-ring (bicyclic) bond motifs is 30. The fraction of sp³-hybridized carbons (Fsp3) is 0.0233. The molecule has 143 heavy (non-hydrogen) atoms. The van der Waals surface area contributed by atoms with E-state index in [9.17, 15) is 0 Å². The molecule has 13 nitrogen and oxygen atoms in total. The molecule has 0 amide bonds. The van der Waals surface area contributed by atoms with E-state index in [0.29, 0.717) is 34.6 Å². The maximum atomic E-state index is 6.35.